The fourth-order valence-corrected chi connectivity index (χ4v) is 6.11. The second-order valence-electron chi connectivity index (χ2n) is 11.1. The van der Waals surface area contributed by atoms with Crippen LogP contribution in [-0.2, 0) is 0 Å². The van der Waals surface area contributed by atoms with Crippen molar-refractivity contribution in [2.75, 3.05) is 6.54 Å². The number of hydrogen-bond donors (Lipinski definition) is 3. The van der Waals surface area contributed by atoms with Crippen LogP contribution < -0.4 is 10.6 Å². The van der Waals surface area contributed by atoms with Crippen LogP contribution in [0.25, 0.3) is 5.57 Å². The number of halogens is 3. The molecule has 0 radical (unpaired) electrons. The van der Waals surface area contributed by atoms with Crippen LogP contribution in [0.1, 0.15) is 91.4 Å². The maximum absolute atomic E-state index is 14.3. The van der Waals surface area contributed by atoms with Gasteiger partial charge in [-0.2, -0.15) is 13.2 Å². The van der Waals surface area contributed by atoms with Gasteiger partial charge in [-0.25, -0.2) is 9.98 Å². The quantitative estimate of drug-likeness (QED) is 0.532. The fourth-order valence-electron chi connectivity index (χ4n) is 5.09. The fraction of sp³-hybridized carbons (Fsp3) is 0.680. The Balaban J connectivity index is 1.75. The van der Waals surface area contributed by atoms with Crippen molar-refractivity contribution in [2.24, 2.45) is 10.9 Å². The van der Waals surface area contributed by atoms with Gasteiger partial charge < -0.3 is 20.6 Å². The molecule has 3 heterocycles. The lowest BCUT2D eigenvalue weighted by atomic mass is 9.90. The summed E-state index contributed by atoms with van der Waals surface area (Å²) in [7, 11) is 0. The number of aromatic nitrogens is 1. The van der Waals surface area contributed by atoms with Gasteiger partial charge in [0.05, 0.1) is 22.9 Å². The molecule has 3 unspecified atom stereocenters. The van der Waals surface area contributed by atoms with E-state index in [0.29, 0.717) is 19.4 Å². The summed E-state index contributed by atoms with van der Waals surface area (Å²) < 4.78 is 42.9. The molecule has 1 saturated carbocycles. The summed E-state index contributed by atoms with van der Waals surface area (Å²) in [6.07, 6.45) is -1.05. The molecule has 1 aliphatic carbocycles. The summed E-state index contributed by atoms with van der Waals surface area (Å²) >= 11 is 0.771. The Bertz CT molecular complexity index is 1110. The second kappa shape index (κ2) is 10.4. The second-order valence-corrected chi connectivity index (χ2v) is 12.1. The molecule has 2 aliphatic heterocycles. The highest BCUT2D eigenvalue weighted by Gasteiger charge is 2.46. The molecule has 8 nitrogen and oxygen atoms in total. The molecule has 204 valence electrons. The zero-order valence-corrected chi connectivity index (χ0v) is 22.3. The van der Waals surface area contributed by atoms with Gasteiger partial charge in [0.1, 0.15) is 11.5 Å². The molecule has 12 heteroatoms. The Hall–Kier alpha value is -2.47. The van der Waals surface area contributed by atoms with Gasteiger partial charge in [0.25, 0.3) is 11.8 Å². The summed E-state index contributed by atoms with van der Waals surface area (Å²) in [6, 6.07) is -0.530. The van der Waals surface area contributed by atoms with Gasteiger partial charge in [-0.1, -0.05) is 0 Å². The predicted octanol–water partition coefficient (Wildman–Crippen LogP) is 4.12. The SMILES string of the molecule is C[C@H]1CCCN1C(=O)c1nc(C(=O)NC2CCCC2O)sc1C1=CN=C(NC(C)(C)C)CC1C(F)(F)F. The van der Waals surface area contributed by atoms with E-state index in [-0.39, 0.29) is 33.0 Å². The molecule has 0 bridgehead atoms. The number of amides is 2. The number of aliphatic imine (C=N–C) groups is 1. The van der Waals surface area contributed by atoms with Gasteiger partial charge in [0.15, 0.2) is 5.01 Å². The number of rotatable bonds is 4. The number of nitrogens with one attached hydrogen (secondary N) is 2. The summed E-state index contributed by atoms with van der Waals surface area (Å²) in [5.74, 6) is -2.80. The summed E-state index contributed by atoms with van der Waals surface area (Å²) in [6.45, 7) is 7.87. The number of alkyl halides is 3. The first-order chi connectivity index (χ1) is 17.2. The van der Waals surface area contributed by atoms with Crippen molar-refractivity contribution in [3.8, 4) is 0 Å². The van der Waals surface area contributed by atoms with E-state index in [2.05, 4.69) is 20.6 Å². The number of hydrogen-bond acceptors (Lipinski definition) is 7. The van der Waals surface area contributed by atoms with Crippen molar-refractivity contribution in [1.29, 1.82) is 0 Å². The van der Waals surface area contributed by atoms with Gasteiger partial charge in [0, 0.05) is 36.3 Å². The largest absolute Gasteiger partial charge is 0.396 e. The Morgan fingerprint density at radius 1 is 1.16 bits per heavy atom. The standard InChI is InChI=1S/C25H34F3N5O3S/c1-13-7-6-10-33(13)23(36)19-20(37-22(31-19)21(35)30-16-8-5-9-17(16)34)14-12-29-18(32-24(2,3)4)11-15(14)25(26,27)28/h12-13,15-17,34H,5-11H2,1-4H3,(H,29,32)(H,30,35)/t13-,15?,16?,17?/m0/s1. The third kappa shape index (κ3) is 6.17. The van der Waals surface area contributed by atoms with Crippen LogP contribution in [0.4, 0.5) is 13.2 Å². The highest BCUT2D eigenvalue weighted by atomic mass is 32.1. The van der Waals surface area contributed by atoms with Gasteiger partial charge in [0.2, 0.25) is 0 Å². The third-order valence-corrected chi connectivity index (χ3v) is 8.05. The number of carbonyl (C=O) groups excluding carboxylic acids is 2. The van der Waals surface area contributed by atoms with Gasteiger partial charge in [-0.15, -0.1) is 11.3 Å². The lowest BCUT2D eigenvalue weighted by Gasteiger charge is -2.30. The number of likely N-dealkylation sites (tertiary alicyclic amines) is 1. The molecule has 4 rings (SSSR count). The normalized spacial score (nSPS) is 26.6. The van der Waals surface area contributed by atoms with E-state index < -0.39 is 48.0 Å². The van der Waals surface area contributed by atoms with Crippen molar-refractivity contribution >= 4 is 34.6 Å². The zero-order chi connectivity index (χ0) is 27.1. The minimum atomic E-state index is -4.60. The summed E-state index contributed by atoms with van der Waals surface area (Å²) in [5, 5.41) is 15.7. The molecule has 4 atom stereocenters. The Kier molecular flexibility index (Phi) is 7.72. The monoisotopic (exact) mass is 541 g/mol. The van der Waals surface area contributed by atoms with Gasteiger partial charge in [-0.05, 0) is 59.8 Å². The highest BCUT2D eigenvalue weighted by Crippen LogP contribution is 2.44. The molecule has 37 heavy (non-hydrogen) atoms. The first-order valence-corrected chi connectivity index (χ1v) is 13.5. The first-order valence-electron chi connectivity index (χ1n) is 12.7. The predicted molar refractivity (Wildman–Crippen MR) is 135 cm³/mol. The molecule has 3 N–H and O–H groups in total. The molecular weight excluding hydrogens is 507 g/mol. The maximum atomic E-state index is 14.3. The van der Waals surface area contributed by atoms with Crippen molar-refractivity contribution < 1.29 is 27.9 Å². The number of amidine groups is 1. The topological polar surface area (TPSA) is 107 Å². The Labute approximate surface area is 218 Å². The third-order valence-electron chi connectivity index (χ3n) is 6.94. The Morgan fingerprint density at radius 3 is 2.46 bits per heavy atom. The van der Waals surface area contributed by atoms with Crippen LogP contribution in [0.2, 0.25) is 0 Å². The zero-order valence-electron chi connectivity index (χ0n) is 21.5. The average Bonchev–Trinajstić information content (AvgIpc) is 3.52. The molecule has 1 saturated heterocycles. The number of aliphatic hydroxyl groups is 1. The molecule has 2 fully saturated rings. The number of carbonyl (C=O) groups is 2. The van der Waals surface area contributed by atoms with E-state index in [9.17, 15) is 27.9 Å². The average molecular weight is 542 g/mol. The number of nitrogens with zero attached hydrogens (tertiary/aromatic N) is 3. The summed E-state index contributed by atoms with van der Waals surface area (Å²) in [4.78, 5) is 36.7. The smallest absolute Gasteiger partial charge is 0.391 e. The van der Waals surface area contributed by atoms with Crippen molar-refractivity contribution in [1.82, 2.24) is 20.5 Å². The molecular formula is C25H34F3N5O3S. The minimum Gasteiger partial charge on any atom is -0.391 e. The molecule has 0 spiro atoms. The van der Waals surface area contributed by atoms with Crippen LogP contribution >= 0.6 is 11.3 Å². The highest BCUT2D eigenvalue weighted by molar-refractivity contribution is 7.15. The van der Waals surface area contributed by atoms with Crippen LogP contribution in [0.15, 0.2) is 11.2 Å². The lowest BCUT2D eigenvalue weighted by molar-refractivity contribution is -0.156. The number of aliphatic hydroxyl groups excluding tert-OH is 1. The van der Waals surface area contributed by atoms with E-state index >= 15 is 0 Å². The molecule has 3 aliphatic rings. The first kappa shape index (κ1) is 27.6. The molecule has 2 amide bonds. The van der Waals surface area contributed by atoms with E-state index in [4.69, 9.17) is 0 Å². The van der Waals surface area contributed by atoms with Gasteiger partial charge >= 0.3 is 6.18 Å². The summed E-state index contributed by atoms with van der Waals surface area (Å²) in [5.41, 5.74) is -0.799. The van der Waals surface area contributed by atoms with E-state index in [0.717, 1.165) is 36.8 Å². The van der Waals surface area contributed by atoms with Crippen molar-refractivity contribution in [3.63, 3.8) is 0 Å². The van der Waals surface area contributed by atoms with E-state index in [1.807, 2.05) is 27.7 Å². The lowest BCUT2D eigenvalue weighted by Crippen LogP contribution is -2.43. The van der Waals surface area contributed by atoms with E-state index in [1.165, 1.54) is 0 Å². The minimum absolute atomic E-state index is 0.0158. The van der Waals surface area contributed by atoms with Crippen LogP contribution in [0.5, 0.6) is 0 Å². The molecule has 0 aromatic carbocycles. The van der Waals surface area contributed by atoms with E-state index in [1.54, 1.807) is 4.90 Å². The maximum Gasteiger partial charge on any atom is 0.396 e. The molecule has 1 aromatic heterocycles. The molecule has 1 aromatic rings. The number of allylic oxidation sites excluding steroid dienone is 1. The van der Waals surface area contributed by atoms with Crippen LogP contribution in [-0.4, -0.2) is 69.1 Å². The van der Waals surface area contributed by atoms with Crippen LogP contribution in [0.3, 0.4) is 0 Å². The van der Waals surface area contributed by atoms with Crippen molar-refractivity contribution in [2.45, 2.75) is 96.1 Å². The Morgan fingerprint density at radius 2 is 1.89 bits per heavy atom. The van der Waals surface area contributed by atoms with Crippen LogP contribution in [0, 0.1) is 5.92 Å². The number of thiazole rings is 1. The van der Waals surface area contributed by atoms with Gasteiger partial charge in [-0.3, -0.25) is 9.59 Å². The van der Waals surface area contributed by atoms with Crippen molar-refractivity contribution in [3.05, 3.63) is 21.8 Å².